The molecule has 0 radical (unpaired) electrons. The number of piperazine rings is 1. The molecule has 0 bridgehead atoms. The molecule has 3 heterocycles. The van der Waals surface area contributed by atoms with Gasteiger partial charge in [-0.25, -0.2) is 14.4 Å². The fourth-order valence-electron chi connectivity index (χ4n) is 8.08. The lowest BCUT2D eigenvalue weighted by Gasteiger charge is -2.39. The van der Waals surface area contributed by atoms with Gasteiger partial charge >= 0.3 is 18.1 Å². The van der Waals surface area contributed by atoms with Crippen molar-refractivity contribution in [3.05, 3.63) is 88.5 Å². The number of rotatable bonds is 12. The first-order valence-electron chi connectivity index (χ1n) is 20.4. The van der Waals surface area contributed by atoms with Crippen LogP contribution in [0.1, 0.15) is 65.7 Å². The number of anilines is 2. The Hall–Kier alpha value is -5.79. The van der Waals surface area contributed by atoms with E-state index in [1.807, 2.05) is 67.3 Å². The summed E-state index contributed by atoms with van der Waals surface area (Å²) in [6.45, 7) is 11.5. The minimum Gasteiger partial charge on any atom is -0.507 e. The van der Waals surface area contributed by atoms with Gasteiger partial charge in [0.2, 0.25) is 0 Å². The van der Waals surface area contributed by atoms with E-state index in [1.54, 1.807) is 40.7 Å². The molecule has 3 aliphatic rings. The van der Waals surface area contributed by atoms with Gasteiger partial charge < -0.3 is 44.4 Å². The summed E-state index contributed by atoms with van der Waals surface area (Å²) in [6, 6.07) is 18.3. The zero-order valence-corrected chi connectivity index (χ0v) is 34.1. The van der Waals surface area contributed by atoms with Crippen LogP contribution in [0.25, 0.3) is 0 Å². The summed E-state index contributed by atoms with van der Waals surface area (Å²) >= 11 is 0. The summed E-state index contributed by atoms with van der Waals surface area (Å²) in [5.74, 6) is -0.891. The monoisotopic (exact) mass is 796 g/mol. The van der Waals surface area contributed by atoms with Crippen LogP contribution in [-0.4, -0.2) is 132 Å². The number of aromatic hydroxyl groups is 1. The average molecular weight is 797 g/mol. The molecule has 3 aliphatic heterocycles. The van der Waals surface area contributed by atoms with Gasteiger partial charge in [0, 0.05) is 82.7 Å². The third-order valence-corrected chi connectivity index (χ3v) is 11.4. The third kappa shape index (κ3) is 10.0. The molecule has 310 valence electrons. The highest BCUT2D eigenvalue weighted by Crippen LogP contribution is 2.27. The first-order valence-corrected chi connectivity index (χ1v) is 20.4. The molecule has 2 N–H and O–H groups in total. The van der Waals surface area contributed by atoms with E-state index in [2.05, 4.69) is 10.2 Å². The molecule has 58 heavy (non-hydrogen) atoms. The number of phenolic OH excluding ortho intramolecular Hbond substituents is 1. The number of fused-ring (bicyclic) bond motifs is 1. The summed E-state index contributed by atoms with van der Waals surface area (Å²) in [6.07, 6.45) is 1.25. The SMILES string of the molecule is CCCN(CC)C(=O)COC(=O)c1ccc(N2CCN(C(=O)[C@@H](Cc3cc(C)c(O)c(C)c3)OC(=O)N3CCC(N4CCc5ccccc5NC4=O)CC3)CC2)cc1. The van der Waals surface area contributed by atoms with Crippen molar-refractivity contribution in [3.63, 3.8) is 0 Å². The largest absolute Gasteiger partial charge is 0.507 e. The van der Waals surface area contributed by atoms with Crippen LogP contribution in [0.3, 0.4) is 0 Å². The van der Waals surface area contributed by atoms with Crippen LogP contribution in [0.5, 0.6) is 5.75 Å². The number of amides is 5. The van der Waals surface area contributed by atoms with Crippen molar-refractivity contribution in [1.82, 2.24) is 19.6 Å². The van der Waals surface area contributed by atoms with Gasteiger partial charge in [0.1, 0.15) is 5.75 Å². The maximum Gasteiger partial charge on any atom is 0.410 e. The summed E-state index contributed by atoms with van der Waals surface area (Å²) in [7, 11) is 0. The summed E-state index contributed by atoms with van der Waals surface area (Å²) in [5.41, 5.74) is 5.27. The van der Waals surface area contributed by atoms with Crippen molar-refractivity contribution in [3.8, 4) is 5.75 Å². The lowest BCUT2D eigenvalue weighted by Crippen LogP contribution is -2.54. The molecule has 0 aromatic heterocycles. The fourth-order valence-corrected chi connectivity index (χ4v) is 8.08. The Morgan fingerprint density at radius 3 is 2.21 bits per heavy atom. The lowest BCUT2D eigenvalue weighted by atomic mass is 10.0. The van der Waals surface area contributed by atoms with Gasteiger partial charge in [-0.15, -0.1) is 0 Å². The van der Waals surface area contributed by atoms with Crippen molar-refractivity contribution < 1.29 is 38.6 Å². The minimum atomic E-state index is -1.08. The van der Waals surface area contributed by atoms with E-state index in [0.29, 0.717) is 88.4 Å². The van der Waals surface area contributed by atoms with Gasteiger partial charge in [0.05, 0.1) is 5.56 Å². The second-order valence-electron chi connectivity index (χ2n) is 15.3. The van der Waals surface area contributed by atoms with Crippen LogP contribution >= 0.6 is 0 Å². The Morgan fingerprint density at radius 2 is 1.55 bits per heavy atom. The molecule has 3 aromatic carbocycles. The fraction of sp³-hybridized carbons (Fsp3) is 0.477. The number of benzene rings is 3. The highest BCUT2D eigenvalue weighted by Gasteiger charge is 2.35. The molecule has 14 nitrogen and oxygen atoms in total. The highest BCUT2D eigenvalue weighted by molar-refractivity contribution is 5.92. The van der Waals surface area contributed by atoms with Crippen molar-refractivity contribution in [2.75, 3.05) is 75.7 Å². The van der Waals surface area contributed by atoms with Crippen molar-refractivity contribution >= 4 is 41.3 Å². The number of ether oxygens (including phenoxy) is 2. The number of hydrogen-bond donors (Lipinski definition) is 2. The van der Waals surface area contributed by atoms with Gasteiger partial charge in [-0.2, -0.15) is 0 Å². The van der Waals surface area contributed by atoms with E-state index in [0.717, 1.165) is 35.3 Å². The lowest BCUT2D eigenvalue weighted by molar-refractivity contribution is -0.141. The number of likely N-dealkylation sites (tertiary alicyclic amines) is 1. The molecule has 5 amide bonds. The molecule has 0 saturated carbocycles. The van der Waals surface area contributed by atoms with Crippen LogP contribution in [0.15, 0.2) is 60.7 Å². The summed E-state index contributed by atoms with van der Waals surface area (Å²) in [5, 5.41) is 13.4. The number of aryl methyl sites for hydroxylation is 2. The maximum atomic E-state index is 14.2. The van der Waals surface area contributed by atoms with Gasteiger partial charge in [0.25, 0.3) is 11.8 Å². The van der Waals surface area contributed by atoms with Crippen LogP contribution in [0, 0.1) is 13.8 Å². The number of para-hydroxylation sites is 1. The summed E-state index contributed by atoms with van der Waals surface area (Å²) < 4.78 is 11.3. The average Bonchev–Trinajstić information content (AvgIpc) is 3.41. The molecule has 3 aromatic rings. The van der Waals surface area contributed by atoms with Crippen molar-refractivity contribution in [2.24, 2.45) is 0 Å². The number of phenols is 1. The third-order valence-electron chi connectivity index (χ3n) is 11.4. The van der Waals surface area contributed by atoms with E-state index in [9.17, 15) is 29.1 Å². The number of urea groups is 1. The first kappa shape index (κ1) is 41.8. The van der Waals surface area contributed by atoms with Crippen LogP contribution in [0.4, 0.5) is 21.0 Å². The molecule has 14 heteroatoms. The van der Waals surface area contributed by atoms with Crippen molar-refractivity contribution in [2.45, 2.75) is 71.9 Å². The van der Waals surface area contributed by atoms with Gasteiger partial charge in [-0.3, -0.25) is 9.59 Å². The van der Waals surface area contributed by atoms with E-state index in [4.69, 9.17) is 9.47 Å². The topological polar surface area (TPSA) is 152 Å². The number of carbonyl (C=O) groups excluding carboxylic acids is 5. The molecular formula is C44H56N6O8. The molecular weight excluding hydrogens is 741 g/mol. The minimum absolute atomic E-state index is 0.0295. The Balaban J connectivity index is 1.05. The zero-order chi connectivity index (χ0) is 41.3. The number of hydrogen-bond acceptors (Lipinski definition) is 9. The molecule has 0 unspecified atom stereocenters. The van der Waals surface area contributed by atoms with E-state index in [1.165, 1.54) is 0 Å². The number of piperidine rings is 1. The number of carbonyl (C=O) groups is 5. The quantitative estimate of drug-likeness (QED) is 0.231. The molecule has 2 saturated heterocycles. The van der Waals surface area contributed by atoms with E-state index < -0.39 is 18.2 Å². The summed E-state index contributed by atoms with van der Waals surface area (Å²) in [4.78, 5) is 75.1. The Kier molecular flexibility index (Phi) is 13.8. The normalized spacial score (nSPS) is 16.5. The second kappa shape index (κ2) is 19.1. The van der Waals surface area contributed by atoms with Crippen LogP contribution in [-0.2, 0) is 31.9 Å². The predicted octanol–water partition coefficient (Wildman–Crippen LogP) is 5.38. The molecule has 1 atom stereocenters. The Labute approximate surface area is 340 Å². The molecule has 0 aliphatic carbocycles. The predicted molar refractivity (Wildman–Crippen MR) is 220 cm³/mol. The maximum absolute atomic E-state index is 14.2. The van der Waals surface area contributed by atoms with Gasteiger partial charge in [-0.1, -0.05) is 37.3 Å². The molecule has 6 rings (SSSR count). The Bertz CT molecular complexity index is 1930. The van der Waals surface area contributed by atoms with Crippen LogP contribution < -0.4 is 10.2 Å². The molecule has 2 fully saturated rings. The second-order valence-corrected chi connectivity index (χ2v) is 15.3. The van der Waals surface area contributed by atoms with Gasteiger partial charge in [0.15, 0.2) is 12.7 Å². The van der Waals surface area contributed by atoms with E-state index in [-0.39, 0.29) is 42.7 Å². The highest BCUT2D eigenvalue weighted by atomic mass is 16.6. The zero-order valence-electron chi connectivity index (χ0n) is 34.1. The van der Waals surface area contributed by atoms with Gasteiger partial charge in [-0.05, 0) is 99.0 Å². The number of esters is 1. The molecule has 0 spiro atoms. The first-order chi connectivity index (χ1) is 27.9. The number of nitrogens with zero attached hydrogens (tertiary/aromatic N) is 5. The number of nitrogens with one attached hydrogen (secondary N) is 1. The standard InChI is InChI=1S/C44H56N6O8/c1-5-18-46(6-2)39(51)29-57-42(54)34-11-13-35(14-12-34)47-22-24-48(25-23-47)41(53)38(28-32-26-30(3)40(52)31(4)27-32)58-44(56)49-19-16-36(17-20-49)50-21-15-33-9-7-8-10-37(33)45-43(50)55/h7-14,26-27,36,38,52H,5-6,15-25,28-29H2,1-4H3,(H,45,55)/t38-/m1/s1. The Morgan fingerprint density at radius 1 is 0.879 bits per heavy atom. The number of likely N-dealkylation sites (N-methyl/N-ethyl adjacent to an activating group) is 1. The van der Waals surface area contributed by atoms with Crippen LogP contribution in [0.2, 0.25) is 0 Å². The van der Waals surface area contributed by atoms with Crippen molar-refractivity contribution in [1.29, 1.82) is 0 Å². The smallest absolute Gasteiger partial charge is 0.410 e. The van der Waals surface area contributed by atoms with E-state index >= 15 is 0 Å².